The highest BCUT2D eigenvalue weighted by atomic mass is 35.5. The number of aromatic nitrogens is 1. The molecule has 5 nitrogen and oxygen atoms in total. The quantitative estimate of drug-likeness (QED) is 0.777. The van der Waals surface area contributed by atoms with Gasteiger partial charge in [-0.05, 0) is 25.8 Å². The van der Waals surface area contributed by atoms with Gasteiger partial charge in [0.15, 0.2) is 0 Å². The number of sulfonamides is 1. The van der Waals surface area contributed by atoms with Crippen molar-refractivity contribution < 1.29 is 13.2 Å². The summed E-state index contributed by atoms with van der Waals surface area (Å²) in [6, 6.07) is 1.69. The molecular weight excluding hydrogens is 312 g/mol. The summed E-state index contributed by atoms with van der Waals surface area (Å²) in [7, 11) is -3.47. The smallest absolute Gasteiger partial charge is 0.244 e. The Labute approximate surface area is 131 Å². The third-order valence-corrected chi connectivity index (χ3v) is 5.72. The molecule has 1 atom stereocenters. The lowest BCUT2D eigenvalue weighted by Crippen LogP contribution is -2.35. The zero-order valence-corrected chi connectivity index (χ0v) is 14.2. The van der Waals surface area contributed by atoms with E-state index in [4.69, 9.17) is 16.3 Å². The Hall–Kier alpha value is -0.560. The summed E-state index contributed by atoms with van der Waals surface area (Å²) < 4.78 is 34.5. The van der Waals surface area contributed by atoms with Gasteiger partial charge in [0, 0.05) is 38.1 Å². The topological polar surface area (TPSA) is 51.5 Å². The van der Waals surface area contributed by atoms with E-state index in [-0.39, 0.29) is 6.10 Å². The van der Waals surface area contributed by atoms with Gasteiger partial charge in [-0.25, -0.2) is 8.42 Å². The Morgan fingerprint density at radius 2 is 2.24 bits per heavy atom. The average molecular weight is 335 g/mol. The molecule has 1 unspecified atom stereocenters. The minimum atomic E-state index is -3.47. The predicted molar refractivity (Wildman–Crippen MR) is 83.1 cm³/mol. The van der Waals surface area contributed by atoms with Crippen LogP contribution in [-0.2, 0) is 27.2 Å². The predicted octanol–water partition coefficient (Wildman–Crippen LogP) is 2.44. The second-order valence-corrected chi connectivity index (χ2v) is 7.60. The molecule has 1 aliphatic heterocycles. The minimum absolute atomic E-state index is 0.0764. The first-order valence-corrected chi connectivity index (χ1v) is 9.33. The number of rotatable bonds is 5. The molecule has 7 heteroatoms. The molecule has 2 heterocycles. The Kier molecular flexibility index (Phi) is 5.71. The summed E-state index contributed by atoms with van der Waals surface area (Å²) in [5.41, 5.74) is 0.844. The molecule has 0 spiro atoms. The molecule has 0 aromatic carbocycles. The van der Waals surface area contributed by atoms with Crippen molar-refractivity contribution in [2.24, 2.45) is 0 Å². The van der Waals surface area contributed by atoms with Crippen molar-refractivity contribution >= 4 is 21.6 Å². The highest BCUT2D eigenvalue weighted by Gasteiger charge is 2.29. The van der Waals surface area contributed by atoms with Gasteiger partial charge in [0.05, 0.1) is 12.0 Å². The number of ether oxygens (including phenoxy) is 1. The molecule has 1 aliphatic rings. The Morgan fingerprint density at radius 3 is 2.90 bits per heavy atom. The maximum Gasteiger partial charge on any atom is 0.244 e. The zero-order chi connectivity index (χ0) is 15.5. The number of hydrogen-bond acceptors (Lipinski definition) is 3. The lowest BCUT2D eigenvalue weighted by molar-refractivity contribution is 0.0752. The van der Waals surface area contributed by atoms with Crippen LogP contribution in [0, 0.1) is 0 Å². The van der Waals surface area contributed by atoms with Crippen molar-refractivity contribution in [2.45, 2.75) is 50.1 Å². The molecule has 1 aromatic heterocycles. The van der Waals surface area contributed by atoms with Crippen LogP contribution in [-0.4, -0.2) is 43.1 Å². The normalized spacial score (nSPS) is 21.4. The van der Waals surface area contributed by atoms with E-state index in [0.29, 0.717) is 30.5 Å². The van der Waals surface area contributed by atoms with Gasteiger partial charge in [-0.3, -0.25) is 0 Å². The van der Waals surface area contributed by atoms with Crippen LogP contribution in [0.2, 0.25) is 0 Å². The van der Waals surface area contributed by atoms with Crippen LogP contribution < -0.4 is 0 Å². The zero-order valence-electron chi connectivity index (χ0n) is 12.6. The van der Waals surface area contributed by atoms with Crippen LogP contribution in [0.25, 0.3) is 0 Å². The maximum absolute atomic E-state index is 12.8. The second-order valence-electron chi connectivity index (χ2n) is 5.39. The van der Waals surface area contributed by atoms with Crippen molar-refractivity contribution in [1.29, 1.82) is 0 Å². The fourth-order valence-corrected chi connectivity index (χ4v) is 4.40. The van der Waals surface area contributed by atoms with Crippen molar-refractivity contribution in [3.63, 3.8) is 0 Å². The number of hydrogen-bond donors (Lipinski definition) is 0. The van der Waals surface area contributed by atoms with Gasteiger partial charge in [-0.15, -0.1) is 11.6 Å². The molecule has 2 rings (SSSR count). The van der Waals surface area contributed by atoms with Crippen LogP contribution in [0.1, 0.15) is 32.4 Å². The molecule has 0 aliphatic carbocycles. The van der Waals surface area contributed by atoms with E-state index in [0.717, 1.165) is 25.1 Å². The van der Waals surface area contributed by atoms with Crippen molar-refractivity contribution in [2.75, 3.05) is 19.7 Å². The molecule has 0 bridgehead atoms. The van der Waals surface area contributed by atoms with Gasteiger partial charge < -0.3 is 9.30 Å². The number of alkyl halides is 1. The van der Waals surface area contributed by atoms with Gasteiger partial charge in [0.25, 0.3) is 0 Å². The fourth-order valence-electron chi connectivity index (χ4n) is 2.55. The third-order valence-electron chi connectivity index (χ3n) is 3.62. The van der Waals surface area contributed by atoms with Crippen LogP contribution in [0.5, 0.6) is 0 Å². The van der Waals surface area contributed by atoms with Gasteiger partial charge in [-0.1, -0.05) is 6.92 Å². The number of halogens is 1. The SMILES string of the molecule is CCCn1cc(S(=O)(=O)N2CCCOC(C)C2)cc1CCl. The first kappa shape index (κ1) is 16.8. The van der Waals surface area contributed by atoms with E-state index in [1.165, 1.54) is 4.31 Å². The average Bonchev–Trinajstić information content (AvgIpc) is 2.73. The summed E-state index contributed by atoms with van der Waals surface area (Å²) >= 11 is 5.92. The van der Waals surface area contributed by atoms with Gasteiger partial charge in [0.2, 0.25) is 10.0 Å². The van der Waals surface area contributed by atoms with Crippen molar-refractivity contribution in [3.8, 4) is 0 Å². The van der Waals surface area contributed by atoms with Crippen LogP contribution in [0.3, 0.4) is 0 Å². The number of aryl methyl sites for hydroxylation is 1. The van der Waals surface area contributed by atoms with Gasteiger partial charge >= 0.3 is 0 Å². The Morgan fingerprint density at radius 1 is 1.48 bits per heavy atom. The maximum atomic E-state index is 12.8. The van der Waals surface area contributed by atoms with E-state index in [1.54, 1.807) is 12.3 Å². The molecule has 1 aromatic rings. The Balaban J connectivity index is 2.29. The van der Waals surface area contributed by atoms with E-state index in [1.807, 2.05) is 11.5 Å². The molecule has 0 amide bonds. The largest absolute Gasteiger partial charge is 0.377 e. The first-order valence-electron chi connectivity index (χ1n) is 7.35. The Bertz CT molecular complexity index is 571. The molecule has 0 saturated carbocycles. The summed E-state index contributed by atoms with van der Waals surface area (Å²) in [6.45, 7) is 6.24. The van der Waals surface area contributed by atoms with Gasteiger partial charge in [0.1, 0.15) is 4.90 Å². The molecule has 21 heavy (non-hydrogen) atoms. The summed E-state index contributed by atoms with van der Waals surface area (Å²) in [5.74, 6) is 0.315. The van der Waals surface area contributed by atoms with E-state index in [9.17, 15) is 8.42 Å². The molecule has 0 radical (unpaired) electrons. The highest BCUT2D eigenvalue weighted by Crippen LogP contribution is 2.22. The first-order chi connectivity index (χ1) is 9.98. The van der Waals surface area contributed by atoms with E-state index >= 15 is 0 Å². The molecule has 120 valence electrons. The lowest BCUT2D eigenvalue weighted by Gasteiger charge is -2.20. The minimum Gasteiger partial charge on any atom is -0.377 e. The number of nitrogens with zero attached hydrogens (tertiary/aromatic N) is 2. The molecule has 0 N–H and O–H groups in total. The third kappa shape index (κ3) is 3.80. The highest BCUT2D eigenvalue weighted by molar-refractivity contribution is 7.89. The standard InChI is InChI=1S/C14H23ClN2O3S/c1-3-5-16-11-14(8-13(16)9-15)21(18,19)17-6-4-7-20-12(2)10-17/h8,11-12H,3-7,9-10H2,1-2H3. The summed E-state index contributed by atoms with van der Waals surface area (Å²) in [6.07, 6.45) is 3.29. The van der Waals surface area contributed by atoms with Gasteiger partial charge in [-0.2, -0.15) is 4.31 Å². The molecule has 1 saturated heterocycles. The molecule has 1 fully saturated rings. The van der Waals surface area contributed by atoms with Crippen molar-refractivity contribution in [3.05, 3.63) is 18.0 Å². The van der Waals surface area contributed by atoms with Crippen LogP contribution in [0.15, 0.2) is 17.2 Å². The van der Waals surface area contributed by atoms with Crippen molar-refractivity contribution in [1.82, 2.24) is 8.87 Å². The van der Waals surface area contributed by atoms with Crippen LogP contribution in [0.4, 0.5) is 0 Å². The lowest BCUT2D eigenvalue weighted by atomic mass is 10.4. The second kappa shape index (κ2) is 7.13. The fraction of sp³-hybridized carbons (Fsp3) is 0.714. The summed E-state index contributed by atoms with van der Waals surface area (Å²) in [4.78, 5) is 0.334. The monoisotopic (exact) mass is 334 g/mol. The van der Waals surface area contributed by atoms with E-state index < -0.39 is 10.0 Å². The summed E-state index contributed by atoms with van der Waals surface area (Å²) in [5, 5.41) is 0. The molecular formula is C14H23ClN2O3S. The van der Waals surface area contributed by atoms with Crippen LogP contribution >= 0.6 is 11.6 Å². The van der Waals surface area contributed by atoms with E-state index in [2.05, 4.69) is 6.92 Å².